The molecule has 1 N–H and O–H groups in total. The molecule has 0 fully saturated rings. The van der Waals surface area contributed by atoms with Gasteiger partial charge < -0.3 is 0 Å². The number of non-ortho nitro benzene ring substituents is 1. The van der Waals surface area contributed by atoms with Crippen molar-refractivity contribution in [2.75, 3.05) is 0 Å². The smallest absolute Gasteiger partial charge is 0.267 e. The Morgan fingerprint density at radius 1 is 1.24 bits per heavy atom. The van der Waals surface area contributed by atoms with Crippen molar-refractivity contribution in [2.45, 2.75) is 6.92 Å². The normalized spacial score (nSPS) is 10.5. The SMILES string of the molecule is Cc1cccc(/C=N\NC(=O)c2ccc([N+](=O)[O-])cc2)c1. The lowest BCUT2D eigenvalue weighted by molar-refractivity contribution is -0.384. The van der Waals surface area contributed by atoms with Gasteiger partial charge in [0, 0.05) is 17.7 Å². The number of hydrogen-bond donors (Lipinski definition) is 1. The number of carbonyl (C=O) groups is 1. The molecular formula is C15H13N3O3. The van der Waals surface area contributed by atoms with Gasteiger partial charge in [0.2, 0.25) is 0 Å². The molecule has 21 heavy (non-hydrogen) atoms. The number of hydrazone groups is 1. The zero-order valence-corrected chi connectivity index (χ0v) is 11.3. The molecule has 106 valence electrons. The first-order valence-electron chi connectivity index (χ1n) is 6.21. The highest BCUT2D eigenvalue weighted by Gasteiger charge is 2.08. The number of aryl methyl sites for hydroxylation is 1. The number of carbonyl (C=O) groups excluding carboxylic acids is 1. The summed E-state index contributed by atoms with van der Waals surface area (Å²) in [4.78, 5) is 21.8. The van der Waals surface area contributed by atoms with E-state index in [0.717, 1.165) is 11.1 Å². The Labute approximate surface area is 121 Å². The third-order valence-corrected chi connectivity index (χ3v) is 2.76. The molecule has 2 aromatic rings. The second kappa shape index (κ2) is 6.42. The Bertz CT molecular complexity index is 694. The maximum absolute atomic E-state index is 11.8. The van der Waals surface area contributed by atoms with Gasteiger partial charge in [-0.25, -0.2) is 5.43 Å². The minimum atomic E-state index is -0.516. The highest BCUT2D eigenvalue weighted by atomic mass is 16.6. The third kappa shape index (κ3) is 3.97. The van der Waals surface area contributed by atoms with Crippen LogP contribution in [0, 0.1) is 17.0 Å². The average molecular weight is 283 g/mol. The van der Waals surface area contributed by atoms with E-state index in [1.54, 1.807) is 0 Å². The van der Waals surface area contributed by atoms with Crippen molar-refractivity contribution in [2.24, 2.45) is 5.10 Å². The lowest BCUT2D eigenvalue weighted by atomic mass is 10.2. The molecule has 0 saturated carbocycles. The van der Waals surface area contributed by atoms with Crippen LogP contribution in [0.3, 0.4) is 0 Å². The van der Waals surface area contributed by atoms with Crippen LogP contribution in [-0.4, -0.2) is 17.0 Å². The molecule has 0 saturated heterocycles. The van der Waals surface area contributed by atoms with Gasteiger partial charge in [0.05, 0.1) is 11.1 Å². The maximum Gasteiger partial charge on any atom is 0.271 e. The van der Waals surface area contributed by atoms with E-state index in [1.807, 2.05) is 31.2 Å². The molecule has 0 aliphatic heterocycles. The Kier molecular flexibility index (Phi) is 4.40. The summed E-state index contributed by atoms with van der Waals surface area (Å²) in [6.07, 6.45) is 1.54. The van der Waals surface area contributed by atoms with Gasteiger partial charge in [0.25, 0.3) is 11.6 Å². The molecule has 0 atom stereocenters. The van der Waals surface area contributed by atoms with E-state index in [4.69, 9.17) is 0 Å². The fourth-order valence-corrected chi connectivity index (χ4v) is 1.71. The van der Waals surface area contributed by atoms with Crippen molar-refractivity contribution in [3.8, 4) is 0 Å². The van der Waals surface area contributed by atoms with Crippen LogP contribution >= 0.6 is 0 Å². The summed E-state index contributed by atoms with van der Waals surface area (Å²) < 4.78 is 0. The number of nitrogens with one attached hydrogen (secondary N) is 1. The Balaban J connectivity index is 2.00. The topological polar surface area (TPSA) is 84.6 Å². The number of amides is 1. The zero-order chi connectivity index (χ0) is 15.2. The van der Waals surface area contributed by atoms with Crippen molar-refractivity contribution < 1.29 is 9.72 Å². The van der Waals surface area contributed by atoms with Gasteiger partial charge in [-0.1, -0.05) is 29.8 Å². The molecule has 0 heterocycles. The molecule has 6 heteroatoms. The second-order valence-electron chi connectivity index (χ2n) is 4.42. The number of benzene rings is 2. The van der Waals surface area contributed by atoms with Crippen LogP contribution in [0.5, 0.6) is 0 Å². The summed E-state index contributed by atoms with van der Waals surface area (Å²) in [5.41, 5.74) is 4.60. The van der Waals surface area contributed by atoms with Crippen LogP contribution < -0.4 is 5.43 Å². The van der Waals surface area contributed by atoms with Gasteiger partial charge in [0.1, 0.15) is 0 Å². The summed E-state index contributed by atoms with van der Waals surface area (Å²) in [5, 5.41) is 14.4. The number of nitrogens with zero attached hydrogens (tertiary/aromatic N) is 2. The molecule has 2 rings (SSSR count). The summed E-state index contributed by atoms with van der Waals surface area (Å²) in [7, 11) is 0. The first-order valence-corrected chi connectivity index (χ1v) is 6.21. The van der Waals surface area contributed by atoms with Gasteiger partial charge in [-0.2, -0.15) is 5.10 Å². The van der Waals surface area contributed by atoms with Crippen molar-refractivity contribution in [3.05, 3.63) is 75.3 Å². The molecule has 1 amide bonds. The molecule has 0 aromatic heterocycles. The van der Waals surface area contributed by atoms with E-state index >= 15 is 0 Å². The highest BCUT2D eigenvalue weighted by Crippen LogP contribution is 2.11. The largest absolute Gasteiger partial charge is 0.271 e. The van der Waals surface area contributed by atoms with E-state index in [0.29, 0.717) is 5.56 Å². The Hall–Kier alpha value is -3.02. The highest BCUT2D eigenvalue weighted by molar-refractivity contribution is 5.95. The third-order valence-electron chi connectivity index (χ3n) is 2.76. The molecular weight excluding hydrogens is 270 g/mol. The first-order chi connectivity index (χ1) is 10.1. The summed E-state index contributed by atoms with van der Waals surface area (Å²) in [5.74, 6) is -0.422. The van der Waals surface area contributed by atoms with E-state index < -0.39 is 10.8 Å². The van der Waals surface area contributed by atoms with Crippen LogP contribution in [-0.2, 0) is 0 Å². The first kappa shape index (κ1) is 14.4. The van der Waals surface area contributed by atoms with E-state index in [-0.39, 0.29) is 5.69 Å². The molecule has 0 bridgehead atoms. The van der Waals surface area contributed by atoms with E-state index in [9.17, 15) is 14.9 Å². The summed E-state index contributed by atoms with van der Waals surface area (Å²) in [6, 6.07) is 13.0. The Morgan fingerprint density at radius 3 is 2.57 bits per heavy atom. The van der Waals surface area contributed by atoms with Crippen molar-refractivity contribution >= 4 is 17.8 Å². The van der Waals surface area contributed by atoms with Crippen molar-refractivity contribution in [1.29, 1.82) is 0 Å². The fourth-order valence-electron chi connectivity index (χ4n) is 1.71. The van der Waals surface area contributed by atoms with Gasteiger partial charge >= 0.3 is 0 Å². The van der Waals surface area contributed by atoms with Crippen LogP contribution in [0.15, 0.2) is 53.6 Å². The monoisotopic (exact) mass is 283 g/mol. The van der Waals surface area contributed by atoms with Gasteiger partial charge in [-0.15, -0.1) is 0 Å². The second-order valence-corrected chi connectivity index (χ2v) is 4.42. The van der Waals surface area contributed by atoms with Gasteiger partial charge in [0.15, 0.2) is 0 Å². The summed E-state index contributed by atoms with van der Waals surface area (Å²) in [6.45, 7) is 1.97. The van der Waals surface area contributed by atoms with Crippen molar-refractivity contribution in [1.82, 2.24) is 5.43 Å². The minimum absolute atomic E-state index is 0.0604. The van der Waals surface area contributed by atoms with Crippen molar-refractivity contribution in [3.63, 3.8) is 0 Å². The van der Waals surface area contributed by atoms with Gasteiger partial charge in [-0.05, 0) is 24.6 Å². The average Bonchev–Trinajstić information content (AvgIpc) is 2.47. The number of hydrogen-bond acceptors (Lipinski definition) is 4. The van der Waals surface area contributed by atoms with Crippen LogP contribution in [0.4, 0.5) is 5.69 Å². The van der Waals surface area contributed by atoms with Gasteiger partial charge in [-0.3, -0.25) is 14.9 Å². The molecule has 0 aliphatic carbocycles. The number of rotatable bonds is 4. The standard InChI is InChI=1S/C15H13N3O3/c1-11-3-2-4-12(9-11)10-16-17-15(19)13-5-7-14(8-6-13)18(20)21/h2-10H,1H3,(H,17,19)/b16-10-. The van der Waals surface area contributed by atoms with Crippen LogP contribution in [0.25, 0.3) is 0 Å². The molecule has 2 aromatic carbocycles. The predicted octanol–water partition coefficient (Wildman–Crippen LogP) is 2.67. The van der Waals surface area contributed by atoms with E-state index in [1.165, 1.54) is 30.5 Å². The molecule has 0 spiro atoms. The maximum atomic E-state index is 11.8. The lowest BCUT2D eigenvalue weighted by Gasteiger charge is -2.00. The molecule has 0 aliphatic rings. The minimum Gasteiger partial charge on any atom is -0.267 e. The summed E-state index contributed by atoms with van der Waals surface area (Å²) >= 11 is 0. The lowest BCUT2D eigenvalue weighted by Crippen LogP contribution is -2.17. The quantitative estimate of drug-likeness (QED) is 0.532. The zero-order valence-electron chi connectivity index (χ0n) is 11.3. The van der Waals surface area contributed by atoms with Crippen LogP contribution in [0.2, 0.25) is 0 Å². The predicted molar refractivity (Wildman–Crippen MR) is 79.3 cm³/mol. The van der Waals surface area contributed by atoms with E-state index in [2.05, 4.69) is 10.5 Å². The number of nitro benzene ring substituents is 1. The van der Waals surface area contributed by atoms with Crippen LogP contribution in [0.1, 0.15) is 21.5 Å². The Morgan fingerprint density at radius 2 is 1.95 bits per heavy atom. The number of nitro groups is 1. The molecule has 0 unspecified atom stereocenters. The fraction of sp³-hybridized carbons (Fsp3) is 0.0667. The molecule has 6 nitrogen and oxygen atoms in total. The molecule has 0 radical (unpaired) electrons.